The smallest absolute Gasteiger partial charge is 0.161 e. The van der Waals surface area contributed by atoms with Crippen LogP contribution in [-0.2, 0) is 0 Å². The molecule has 1 N–H and O–H groups in total. The lowest BCUT2D eigenvalue weighted by molar-refractivity contribution is 0.188. The Bertz CT molecular complexity index is 355. The predicted octanol–water partition coefficient (Wildman–Crippen LogP) is 1.69. The van der Waals surface area contributed by atoms with Crippen LogP contribution in [0.25, 0.3) is 0 Å². The highest BCUT2D eigenvalue weighted by molar-refractivity contribution is 5.43. The van der Waals surface area contributed by atoms with Crippen molar-refractivity contribution < 1.29 is 14.6 Å². The fourth-order valence-electron chi connectivity index (χ4n) is 1.72. The lowest BCUT2D eigenvalue weighted by atomic mass is 10.1. The van der Waals surface area contributed by atoms with E-state index in [-0.39, 0.29) is 12.6 Å². The average molecular weight is 239 g/mol. The van der Waals surface area contributed by atoms with Crippen molar-refractivity contribution in [2.24, 2.45) is 0 Å². The Hall–Kier alpha value is -1.26. The van der Waals surface area contributed by atoms with E-state index < -0.39 is 0 Å². The molecule has 1 aromatic carbocycles. The molecule has 0 aromatic heterocycles. The van der Waals surface area contributed by atoms with Crippen LogP contribution in [0.15, 0.2) is 18.2 Å². The van der Waals surface area contributed by atoms with Gasteiger partial charge in [-0.25, -0.2) is 0 Å². The zero-order valence-electron chi connectivity index (χ0n) is 10.9. The minimum absolute atomic E-state index is 0.161. The number of methoxy groups -OCH3 is 2. The number of aliphatic hydroxyl groups excluding tert-OH is 1. The topological polar surface area (TPSA) is 41.9 Å². The molecule has 96 valence electrons. The molecule has 0 bridgehead atoms. The summed E-state index contributed by atoms with van der Waals surface area (Å²) < 4.78 is 10.5. The van der Waals surface area contributed by atoms with E-state index >= 15 is 0 Å². The molecule has 1 atom stereocenters. The molecule has 17 heavy (non-hydrogen) atoms. The first kappa shape index (κ1) is 13.8. The Balaban J connectivity index is 2.91. The van der Waals surface area contributed by atoms with Crippen LogP contribution < -0.4 is 9.47 Å². The summed E-state index contributed by atoms with van der Waals surface area (Å²) >= 11 is 0. The maximum atomic E-state index is 8.93. The van der Waals surface area contributed by atoms with Gasteiger partial charge in [0.05, 0.1) is 20.8 Å². The normalized spacial score (nSPS) is 12.6. The van der Waals surface area contributed by atoms with Crippen molar-refractivity contribution in [3.63, 3.8) is 0 Å². The van der Waals surface area contributed by atoms with E-state index in [1.54, 1.807) is 14.2 Å². The summed E-state index contributed by atoms with van der Waals surface area (Å²) in [7, 11) is 5.24. The quantitative estimate of drug-likeness (QED) is 0.820. The number of hydrogen-bond donors (Lipinski definition) is 1. The third-order valence-corrected chi connectivity index (χ3v) is 3.00. The molecular weight excluding hydrogens is 218 g/mol. The van der Waals surface area contributed by atoms with Crippen LogP contribution in [0, 0.1) is 0 Å². The van der Waals surface area contributed by atoms with Crippen LogP contribution in [0.2, 0.25) is 0 Å². The largest absolute Gasteiger partial charge is 0.493 e. The minimum atomic E-state index is 0.161. The van der Waals surface area contributed by atoms with Crippen LogP contribution in [0.3, 0.4) is 0 Å². The van der Waals surface area contributed by atoms with Crippen molar-refractivity contribution in [2.45, 2.75) is 13.0 Å². The lowest BCUT2D eigenvalue weighted by Crippen LogP contribution is -2.25. The predicted molar refractivity (Wildman–Crippen MR) is 67.7 cm³/mol. The Labute approximate surface area is 103 Å². The molecule has 0 saturated carbocycles. The fourth-order valence-corrected chi connectivity index (χ4v) is 1.72. The van der Waals surface area contributed by atoms with Crippen LogP contribution in [0.5, 0.6) is 11.5 Å². The molecule has 0 aliphatic heterocycles. The molecule has 0 saturated heterocycles. The zero-order chi connectivity index (χ0) is 12.8. The van der Waals surface area contributed by atoms with Gasteiger partial charge in [-0.15, -0.1) is 0 Å². The van der Waals surface area contributed by atoms with Gasteiger partial charge in [-0.05, 0) is 31.7 Å². The van der Waals surface area contributed by atoms with E-state index in [0.717, 1.165) is 17.1 Å². The third-order valence-electron chi connectivity index (χ3n) is 3.00. The van der Waals surface area contributed by atoms with Crippen molar-refractivity contribution in [3.8, 4) is 11.5 Å². The summed E-state index contributed by atoms with van der Waals surface area (Å²) in [5, 5.41) is 8.93. The van der Waals surface area contributed by atoms with Gasteiger partial charge in [0.1, 0.15) is 0 Å². The second kappa shape index (κ2) is 6.47. The van der Waals surface area contributed by atoms with Gasteiger partial charge in [0.2, 0.25) is 0 Å². The van der Waals surface area contributed by atoms with Crippen LogP contribution >= 0.6 is 0 Å². The number of rotatable bonds is 6. The Morgan fingerprint density at radius 3 is 2.41 bits per heavy atom. The van der Waals surface area contributed by atoms with Gasteiger partial charge in [0.25, 0.3) is 0 Å². The first-order chi connectivity index (χ1) is 8.13. The standard InChI is InChI=1S/C13H21NO3/c1-10(14(2)7-8-15)11-5-6-12(16-3)13(9-11)17-4/h5-6,9-10,15H,7-8H2,1-4H3. The van der Waals surface area contributed by atoms with Crippen LogP contribution in [-0.4, -0.2) is 44.4 Å². The number of aliphatic hydroxyl groups is 1. The highest BCUT2D eigenvalue weighted by atomic mass is 16.5. The van der Waals surface area contributed by atoms with E-state index in [1.807, 2.05) is 25.2 Å². The van der Waals surface area contributed by atoms with Gasteiger partial charge in [0, 0.05) is 12.6 Å². The maximum Gasteiger partial charge on any atom is 0.161 e. The zero-order valence-corrected chi connectivity index (χ0v) is 10.9. The fraction of sp³-hybridized carbons (Fsp3) is 0.538. The van der Waals surface area contributed by atoms with Gasteiger partial charge in [-0.1, -0.05) is 6.07 Å². The van der Waals surface area contributed by atoms with Crippen molar-refractivity contribution >= 4 is 0 Å². The second-order valence-electron chi connectivity index (χ2n) is 3.99. The Morgan fingerprint density at radius 1 is 1.24 bits per heavy atom. The molecule has 1 aromatic rings. The molecule has 0 heterocycles. The first-order valence-electron chi connectivity index (χ1n) is 5.67. The van der Waals surface area contributed by atoms with E-state index in [4.69, 9.17) is 14.6 Å². The SMILES string of the molecule is COc1ccc(C(C)N(C)CCO)cc1OC. The third kappa shape index (κ3) is 3.35. The summed E-state index contributed by atoms with van der Waals surface area (Å²) in [4.78, 5) is 2.08. The summed E-state index contributed by atoms with van der Waals surface area (Å²) in [6, 6.07) is 6.11. The van der Waals surface area contributed by atoms with Gasteiger partial charge in [0.15, 0.2) is 11.5 Å². The molecule has 0 aliphatic carbocycles. The molecule has 1 rings (SSSR count). The molecule has 4 heteroatoms. The second-order valence-corrected chi connectivity index (χ2v) is 3.99. The van der Waals surface area contributed by atoms with Crippen molar-refractivity contribution in [3.05, 3.63) is 23.8 Å². The Morgan fingerprint density at radius 2 is 1.88 bits per heavy atom. The molecule has 4 nitrogen and oxygen atoms in total. The van der Waals surface area contributed by atoms with E-state index in [1.165, 1.54) is 0 Å². The molecule has 0 amide bonds. The molecule has 0 aliphatic rings. The lowest BCUT2D eigenvalue weighted by Gasteiger charge is -2.24. The molecule has 0 radical (unpaired) electrons. The van der Waals surface area contributed by atoms with Gasteiger partial charge >= 0.3 is 0 Å². The van der Waals surface area contributed by atoms with E-state index in [0.29, 0.717) is 6.54 Å². The molecule has 1 unspecified atom stereocenters. The highest BCUT2D eigenvalue weighted by Crippen LogP contribution is 2.31. The first-order valence-corrected chi connectivity index (χ1v) is 5.67. The molecule has 0 fully saturated rings. The van der Waals surface area contributed by atoms with Crippen molar-refractivity contribution in [1.29, 1.82) is 0 Å². The van der Waals surface area contributed by atoms with Crippen LogP contribution in [0.1, 0.15) is 18.5 Å². The molecular formula is C13H21NO3. The van der Waals surface area contributed by atoms with Gasteiger partial charge in [-0.2, -0.15) is 0 Å². The number of ether oxygens (including phenoxy) is 2. The summed E-state index contributed by atoms with van der Waals surface area (Å²) in [6.45, 7) is 2.90. The monoisotopic (exact) mass is 239 g/mol. The highest BCUT2D eigenvalue weighted by Gasteiger charge is 2.13. The van der Waals surface area contributed by atoms with Crippen LogP contribution in [0.4, 0.5) is 0 Å². The molecule has 0 spiro atoms. The van der Waals surface area contributed by atoms with E-state index in [2.05, 4.69) is 11.8 Å². The van der Waals surface area contributed by atoms with E-state index in [9.17, 15) is 0 Å². The summed E-state index contributed by atoms with van der Waals surface area (Å²) in [5.74, 6) is 1.46. The van der Waals surface area contributed by atoms with Gasteiger partial charge < -0.3 is 14.6 Å². The van der Waals surface area contributed by atoms with Crippen molar-refractivity contribution in [2.75, 3.05) is 34.4 Å². The van der Waals surface area contributed by atoms with Crippen molar-refractivity contribution in [1.82, 2.24) is 4.90 Å². The minimum Gasteiger partial charge on any atom is -0.493 e. The number of likely N-dealkylation sites (N-methyl/N-ethyl adjacent to an activating group) is 1. The van der Waals surface area contributed by atoms with Gasteiger partial charge in [-0.3, -0.25) is 4.90 Å². The number of benzene rings is 1. The number of nitrogens with zero attached hydrogens (tertiary/aromatic N) is 1. The summed E-state index contributed by atoms with van der Waals surface area (Å²) in [5.41, 5.74) is 1.14. The number of hydrogen-bond acceptors (Lipinski definition) is 4. The summed E-state index contributed by atoms with van der Waals surface area (Å²) in [6.07, 6.45) is 0. The average Bonchev–Trinajstić information content (AvgIpc) is 2.37. The Kier molecular flexibility index (Phi) is 5.25. The maximum absolute atomic E-state index is 8.93.